The van der Waals surface area contributed by atoms with E-state index in [9.17, 15) is 19.5 Å². The van der Waals surface area contributed by atoms with Crippen LogP contribution in [0.15, 0.2) is 12.1 Å². The molecule has 1 aromatic carbocycles. The summed E-state index contributed by atoms with van der Waals surface area (Å²) >= 11 is 0. The summed E-state index contributed by atoms with van der Waals surface area (Å²) in [7, 11) is 0. The number of benzene rings is 1. The molecule has 1 heterocycles. The van der Waals surface area contributed by atoms with Crippen molar-refractivity contribution in [2.45, 2.75) is 90.4 Å². The van der Waals surface area contributed by atoms with Crippen molar-refractivity contribution in [3.63, 3.8) is 0 Å². The van der Waals surface area contributed by atoms with E-state index in [1.165, 1.54) is 69.9 Å². The van der Waals surface area contributed by atoms with Gasteiger partial charge in [0.25, 0.3) is 0 Å². The van der Waals surface area contributed by atoms with Gasteiger partial charge in [-0.15, -0.1) is 0 Å². The number of ether oxygens (including phenoxy) is 1. The third kappa shape index (κ3) is 6.47. The van der Waals surface area contributed by atoms with Gasteiger partial charge in [-0.25, -0.2) is 14.4 Å². The molecule has 2 rings (SSSR count). The molecule has 0 atom stereocenters. The molecule has 1 aliphatic rings. The maximum atomic E-state index is 11.7. The highest BCUT2D eigenvalue weighted by molar-refractivity contribution is 6.15. The minimum Gasteiger partial charge on any atom is -0.478 e. The molecule has 0 bridgehead atoms. The third-order valence-corrected chi connectivity index (χ3v) is 5.40. The largest absolute Gasteiger partial charge is 0.478 e. The van der Waals surface area contributed by atoms with Gasteiger partial charge in [0.05, 0.1) is 16.7 Å². The molecule has 0 spiro atoms. The van der Waals surface area contributed by atoms with Crippen LogP contribution in [0.4, 0.5) is 0 Å². The minimum atomic E-state index is -1.08. The van der Waals surface area contributed by atoms with Gasteiger partial charge in [0.1, 0.15) is 0 Å². The third-order valence-electron chi connectivity index (χ3n) is 5.40. The molecule has 1 aromatic rings. The Morgan fingerprint density at radius 3 is 1.75 bits per heavy atom. The lowest BCUT2D eigenvalue weighted by molar-refractivity contribution is 0.0443. The highest BCUT2D eigenvalue weighted by Crippen LogP contribution is 2.26. The lowest BCUT2D eigenvalue weighted by Crippen LogP contribution is -2.06. The number of rotatable bonds is 14. The molecule has 28 heavy (non-hydrogen) atoms. The topological polar surface area (TPSA) is 80.7 Å². The van der Waals surface area contributed by atoms with Crippen LogP contribution in [0.3, 0.4) is 0 Å². The van der Waals surface area contributed by atoms with Crippen LogP contribution in [-0.2, 0) is 11.2 Å². The first kappa shape index (κ1) is 22.1. The molecule has 0 saturated carbocycles. The first-order valence-corrected chi connectivity index (χ1v) is 10.7. The van der Waals surface area contributed by atoms with Crippen molar-refractivity contribution in [2.24, 2.45) is 0 Å². The van der Waals surface area contributed by atoms with Gasteiger partial charge >= 0.3 is 17.9 Å². The van der Waals surface area contributed by atoms with Gasteiger partial charge in [-0.1, -0.05) is 77.6 Å². The van der Waals surface area contributed by atoms with Crippen LogP contribution >= 0.6 is 0 Å². The van der Waals surface area contributed by atoms with E-state index in [-0.39, 0.29) is 16.7 Å². The van der Waals surface area contributed by atoms with Crippen molar-refractivity contribution >= 4 is 17.9 Å². The number of carboxylic acids is 1. The van der Waals surface area contributed by atoms with Gasteiger partial charge in [-0.2, -0.15) is 0 Å². The molecule has 1 N–H and O–H groups in total. The van der Waals surface area contributed by atoms with Gasteiger partial charge < -0.3 is 9.84 Å². The van der Waals surface area contributed by atoms with E-state index in [2.05, 4.69) is 11.7 Å². The average molecular weight is 389 g/mol. The van der Waals surface area contributed by atoms with E-state index in [0.29, 0.717) is 12.0 Å². The maximum Gasteiger partial charge on any atom is 0.346 e. The zero-order chi connectivity index (χ0) is 20.4. The first-order valence-electron chi connectivity index (χ1n) is 10.7. The summed E-state index contributed by atoms with van der Waals surface area (Å²) in [6.45, 7) is 2.24. The Labute approximate surface area is 167 Å². The molecule has 5 nitrogen and oxygen atoms in total. The second-order valence-corrected chi connectivity index (χ2v) is 7.68. The summed E-state index contributed by atoms with van der Waals surface area (Å²) in [5.74, 6) is -2.53. The fraction of sp³-hybridized carbons (Fsp3) is 0.609. The second kappa shape index (κ2) is 11.6. The zero-order valence-electron chi connectivity index (χ0n) is 16.9. The predicted octanol–water partition coefficient (Wildman–Crippen LogP) is 5.94. The van der Waals surface area contributed by atoms with Crippen molar-refractivity contribution < 1.29 is 24.2 Å². The Morgan fingerprint density at radius 2 is 1.25 bits per heavy atom. The molecule has 0 radical (unpaired) electrons. The summed E-state index contributed by atoms with van der Waals surface area (Å²) in [5.41, 5.74) is 0.934. The Hall–Kier alpha value is -2.17. The number of aryl methyl sites for hydroxylation is 1. The van der Waals surface area contributed by atoms with E-state index in [4.69, 9.17) is 0 Å². The van der Waals surface area contributed by atoms with Crippen molar-refractivity contribution in [1.82, 2.24) is 0 Å². The van der Waals surface area contributed by atoms with Crippen LogP contribution in [0.25, 0.3) is 0 Å². The summed E-state index contributed by atoms with van der Waals surface area (Å²) in [6.07, 6.45) is 15.5. The molecule has 0 saturated heterocycles. The summed E-state index contributed by atoms with van der Waals surface area (Å²) in [4.78, 5) is 34.8. The highest BCUT2D eigenvalue weighted by atomic mass is 16.6. The number of cyclic esters (lactones) is 2. The smallest absolute Gasteiger partial charge is 0.346 e. The van der Waals surface area contributed by atoms with Crippen LogP contribution in [0, 0.1) is 0 Å². The predicted molar refractivity (Wildman–Crippen MR) is 108 cm³/mol. The number of unbranched alkanes of at least 4 members (excludes halogenated alkanes) is 11. The lowest BCUT2D eigenvalue weighted by Gasteiger charge is -2.08. The molecular formula is C23H32O5. The fourth-order valence-electron chi connectivity index (χ4n) is 3.74. The van der Waals surface area contributed by atoms with Crippen molar-refractivity contribution in [3.8, 4) is 0 Å². The molecule has 0 amide bonds. The number of aromatic carboxylic acids is 1. The minimum absolute atomic E-state index is 0.0563. The van der Waals surface area contributed by atoms with Gasteiger partial charge in [0.2, 0.25) is 0 Å². The highest BCUT2D eigenvalue weighted by Gasteiger charge is 2.31. The Morgan fingerprint density at radius 1 is 0.786 bits per heavy atom. The number of fused-ring (bicyclic) bond motifs is 1. The summed E-state index contributed by atoms with van der Waals surface area (Å²) in [6, 6.07) is 2.80. The van der Waals surface area contributed by atoms with E-state index in [0.717, 1.165) is 19.3 Å². The van der Waals surface area contributed by atoms with Crippen LogP contribution in [0.5, 0.6) is 0 Å². The average Bonchev–Trinajstić information content (AvgIpc) is 2.95. The number of carbonyl (C=O) groups is 3. The van der Waals surface area contributed by atoms with Gasteiger partial charge in [-0.05, 0) is 30.5 Å². The quantitative estimate of drug-likeness (QED) is 0.242. The molecule has 154 valence electrons. The van der Waals surface area contributed by atoms with E-state index < -0.39 is 17.9 Å². The number of carbonyl (C=O) groups excluding carboxylic acids is 2. The molecule has 0 fully saturated rings. The number of hydrogen-bond donors (Lipinski definition) is 1. The molecular weight excluding hydrogens is 356 g/mol. The first-order chi connectivity index (χ1) is 13.5. The van der Waals surface area contributed by atoms with Crippen LogP contribution < -0.4 is 0 Å². The maximum absolute atomic E-state index is 11.7. The van der Waals surface area contributed by atoms with E-state index in [1.54, 1.807) is 0 Å². The SMILES string of the molecule is CCCCCCCCCCCCCCc1cc2c(cc1C(=O)O)C(=O)OC2=O. The molecule has 1 aliphatic heterocycles. The van der Waals surface area contributed by atoms with Crippen LogP contribution in [-0.4, -0.2) is 23.0 Å². The van der Waals surface area contributed by atoms with Crippen LogP contribution in [0.2, 0.25) is 0 Å². The Kier molecular flexibility index (Phi) is 9.18. The summed E-state index contributed by atoms with van der Waals surface area (Å²) < 4.78 is 4.57. The van der Waals surface area contributed by atoms with Gasteiger partial charge in [0.15, 0.2) is 0 Å². The zero-order valence-corrected chi connectivity index (χ0v) is 16.9. The molecule has 0 aromatic heterocycles. The Balaban J connectivity index is 1.68. The second-order valence-electron chi connectivity index (χ2n) is 7.68. The van der Waals surface area contributed by atoms with Crippen LogP contribution in [0.1, 0.15) is 121 Å². The lowest BCUT2D eigenvalue weighted by atomic mass is 9.95. The van der Waals surface area contributed by atoms with Gasteiger partial charge in [-0.3, -0.25) is 0 Å². The Bertz CT molecular complexity index is 692. The monoisotopic (exact) mass is 388 g/mol. The normalized spacial score (nSPS) is 12.9. The number of hydrogen-bond acceptors (Lipinski definition) is 4. The molecule has 5 heteroatoms. The molecule has 0 unspecified atom stereocenters. The van der Waals surface area contributed by atoms with E-state index >= 15 is 0 Å². The number of carboxylic acid groups (broad SMARTS) is 1. The molecule has 0 aliphatic carbocycles. The van der Waals surface area contributed by atoms with Crippen molar-refractivity contribution in [3.05, 3.63) is 34.4 Å². The summed E-state index contributed by atoms with van der Waals surface area (Å²) in [5, 5.41) is 9.40. The standard InChI is InChI=1S/C23H32O5/c1-2-3-4-5-6-7-8-9-10-11-12-13-14-17-15-19-20(16-18(17)21(24)25)23(27)28-22(19)26/h15-16H,2-14H2,1H3,(H,24,25). The number of esters is 2. The van der Waals surface area contributed by atoms with Crippen molar-refractivity contribution in [1.29, 1.82) is 0 Å². The van der Waals surface area contributed by atoms with Gasteiger partial charge in [0, 0.05) is 0 Å². The van der Waals surface area contributed by atoms with E-state index in [1.807, 2.05) is 0 Å². The van der Waals surface area contributed by atoms with Crippen molar-refractivity contribution in [2.75, 3.05) is 0 Å². The fourth-order valence-corrected chi connectivity index (χ4v) is 3.74.